The molecular formula is C62H41BN2O2. The third-order valence-electron chi connectivity index (χ3n) is 13.3. The summed E-state index contributed by atoms with van der Waals surface area (Å²) in [4.78, 5) is 4.74. The lowest BCUT2D eigenvalue weighted by Gasteiger charge is -2.37. The van der Waals surface area contributed by atoms with Crippen molar-refractivity contribution in [3.63, 3.8) is 0 Å². The summed E-state index contributed by atoms with van der Waals surface area (Å²) in [5.74, 6) is 3.26. The quantitative estimate of drug-likeness (QED) is 0.142. The van der Waals surface area contributed by atoms with Crippen LogP contribution in [0.1, 0.15) is 0 Å². The molecule has 0 amide bonds. The van der Waals surface area contributed by atoms with Crippen molar-refractivity contribution in [3.05, 3.63) is 249 Å². The van der Waals surface area contributed by atoms with E-state index in [0.29, 0.717) is 0 Å². The summed E-state index contributed by atoms with van der Waals surface area (Å²) in [5, 5.41) is 4.51. The van der Waals surface area contributed by atoms with Crippen LogP contribution >= 0.6 is 0 Å². The first-order chi connectivity index (χ1) is 33.2. The second-order valence-electron chi connectivity index (χ2n) is 17.2. The summed E-state index contributed by atoms with van der Waals surface area (Å²) < 4.78 is 14.3. The van der Waals surface area contributed by atoms with Crippen molar-refractivity contribution in [2.75, 3.05) is 9.80 Å². The molecule has 4 nitrogen and oxygen atoms in total. The largest absolute Gasteiger partial charge is 0.458 e. The summed E-state index contributed by atoms with van der Waals surface area (Å²) in [6.45, 7) is -0.185. The first kappa shape index (κ1) is 38.6. The minimum atomic E-state index is -0.185. The molecule has 11 aromatic rings. The van der Waals surface area contributed by atoms with E-state index >= 15 is 0 Å². The number of rotatable bonds is 8. The predicted molar refractivity (Wildman–Crippen MR) is 279 cm³/mol. The molecule has 0 saturated carbocycles. The highest BCUT2D eigenvalue weighted by Crippen LogP contribution is 2.47. The summed E-state index contributed by atoms with van der Waals surface area (Å²) in [5.41, 5.74) is 14.3. The molecule has 67 heavy (non-hydrogen) atoms. The van der Waals surface area contributed by atoms with Crippen molar-refractivity contribution in [2.45, 2.75) is 0 Å². The van der Waals surface area contributed by atoms with E-state index in [1.165, 1.54) is 11.1 Å². The van der Waals surface area contributed by atoms with E-state index in [1.54, 1.807) is 0 Å². The van der Waals surface area contributed by atoms with Crippen molar-refractivity contribution in [2.24, 2.45) is 0 Å². The molecule has 0 saturated heterocycles. The molecule has 13 rings (SSSR count). The normalized spacial score (nSPS) is 12.1. The maximum Gasteiger partial charge on any atom is 0.262 e. The minimum Gasteiger partial charge on any atom is -0.458 e. The van der Waals surface area contributed by atoms with Crippen LogP contribution < -0.4 is 35.7 Å². The molecule has 0 spiro atoms. The summed E-state index contributed by atoms with van der Waals surface area (Å²) >= 11 is 0. The van der Waals surface area contributed by atoms with Gasteiger partial charge in [-0.2, -0.15) is 0 Å². The van der Waals surface area contributed by atoms with Crippen molar-refractivity contribution < 1.29 is 9.47 Å². The second kappa shape index (κ2) is 16.0. The lowest BCUT2D eigenvalue weighted by Crippen LogP contribution is -2.58. The van der Waals surface area contributed by atoms with Crippen LogP contribution in [-0.4, -0.2) is 6.71 Å². The van der Waals surface area contributed by atoms with Crippen molar-refractivity contribution >= 4 is 78.8 Å². The molecule has 0 fully saturated rings. The Kier molecular flexibility index (Phi) is 9.24. The highest BCUT2D eigenvalue weighted by Gasteiger charge is 2.43. The van der Waals surface area contributed by atoms with E-state index in [0.717, 1.165) is 106 Å². The first-order valence-electron chi connectivity index (χ1n) is 22.9. The van der Waals surface area contributed by atoms with E-state index in [1.807, 2.05) is 6.07 Å². The molecule has 0 radical (unpaired) electrons. The maximum absolute atomic E-state index is 7.13. The van der Waals surface area contributed by atoms with Gasteiger partial charge in [0.2, 0.25) is 0 Å². The van der Waals surface area contributed by atoms with E-state index in [2.05, 4.69) is 252 Å². The van der Waals surface area contributed by atoms with E-state index in [-0.39, 0.29) is 6.71 Å². The lowest BCUT2D eigenvalue weighted by atomic mass is 9.33. The number of anilines is 6. The van der Waals surface area contributed by atoms with Crippen LogP contribution in [0.25, 0.3) is 43.8 Å². The molecule has 0 aromatic heterocycles. The molecule has 0 bridgehead atoms. The predicted octanol–water partition coefficient (Wildman–Crippen LogP) is 15.0. The van der Waals surface area contributed by atoms with Gasteiger partial charge in [0.25, 0.3) is 6.71 Å². The fraction of sp³-hybridized carbons (Fsp3) is 0. The monoisotopic (exact) mass is 856 g/mol. The summed E-state index contributed by atoms with van der Waals surface area (Å²) in [6.07, 6.45) is 0. The zero-order chi connectivity index (χ0) is 44.3. The Morgan fingerprint density at radius 3 is 1.03 bits per heavy atom. The van der Waals surface area contributed by atoms with Crippen molar-refractivity contribution in [3.8, 4) is 45.3 Å². The molecule has 11 aromatic carbocycles. The van der Waals surface area contributed by atoms with Gasteiger partial charge in [0.15, 0.2) is 0 Å². The number of ether oxygens (including phenoxy) is 2. The average Bonchev–Trinajstić information content (AvgIpc) is 3.40. The molecule has 0 aliphatic carbocycles. The Hall–Kier alpha value is -8.80. The lowest BCUT2D eigenvalue weighted by molar-refractivity contribution is 0.465. The Balaban J connectivity index is 1.04. The third kappa shape index (κ3) is 6.55. The summed E-state index contributed by atoms with van der Waals surface area (Å²) in [6, 6.07) is 88.5. The molecule has 5 heteroatoms. The number of fused-ring (bicyclic) bond motifs is 8. The Morgan fingerprint density at radius 1 is 0.254 bits per heavy atom. The van der Waals surface area contributed by atoms with Gasteiger partial charge < -0.3 is 19.3 Å². The number of hydrogen-bond donors (Lipinski definition) is 0. The zero-order valence-electron chi connectivity index (χ0n) is 36.5. The van der Waals surface area contributed by atoms with E-state index in [9.17, 15) is 0 Å². The maximum atomic E-state index is 7.13. The number of benzene rings is 11. The topological polar surface area (TPSA) is 24.9 Å². The smallest absolute Gasteiger partial charge is 0.262 e. The van der Waals surface area contributed by atoms with E-state index < -0.39 is 0 Å². The molecule has 314 valence electrons. The van der Waals surface area contributed by atoms with Gasteiger partial charge in [0.05, 0.1) is 11.4 Å². The van der Waals surface area contributed by atoms with Crippen molar-refractivity contribution in [1.29, 1.82) is 0 Å². The molecule has 2 heterocycles. The Labute approximate surface area is 390 Å². The van der Waals surface area contributed by atoms with Gasteiger partial charge in [-0.1, -0.05) is 176 Å². The van der Waals surface area contributed by atoms with Gasteiger partial charge in [0.1, 0.15) is 23.0 Å². The van der Waals surface area contributed by atoms with Crippen LogP contribution in [0.15, 0.2) is 249 Å². The fourth-order valence-electron chi connectivity index (χ4n) is 10.4. The van der Waals surface area contributed by atoms with Crippen LogP contribution in [0, 0.1) is 0 Å². The van der Waals surface area contributed by atoms with Gasteiger partial charge in [-0.15, -0.1) is 0 Å². The highest BCUT2D eigenvalue weighted by atomic mass is 16.5. The minimum absolute atomic E-state index is 0.185. The first-order valence-corrected chi connectivity index (χ1v) is 22.9. The van der Waals surface area contributed by atoms with Crippen LogP contribution in [0.5, 0.6) is 23.0 Å². The van der Waals surface area contributed by atoms with Gasteiger partial charge in [0, 0.05) is 51.1 Å². The molecule has 2 aliphatic heterocycles. The van der Waals surface area contributed by atoms with Gasteiger partial charge >= 0.3 is 0 Å². The standard InChI is InChI=1S/C62H41BN2O2/c1-5-20-42(21-6-1)44-24-17-30-48(38-44)64(46-26-9-3-10-27-46)54-40-58-60(52-34-15-13-32-50(52)54)63-61-53-35-16-14-33-51(53)55(41-59(61)67-57-37-19-36-56(66-58)62(57)63)65(47-28-11-4-12-29-47)49-31-18-25-45(39-49)43-22-7-2-8-23-43/h1-41H. The van der Waals surface area contributed by atoms with Crippen LogP contribution in [0.4, 0.5) is 34.1 Å². The number of hydrogen-bond acceptors (Lipinski definition) is 4. The van der Waals surface area contributed by atoms with Crippen LogP contribution in [-0.2, 0) is 0 Å². The molecule has 0 atom stereocenters. The molecule has 2 aliphatic rings. The number of nitrogens with zero attached hydrogens (tertiary/aromatic N) is 2. The molecule has 0 N–H and O–H groups in total. The third-order valence-corrected chi connectivity index (χ3v) is 13.3. The van der Waals surface area contributed by atoms with Gasteiger partial charge in [-0.3, -0.25) is 0 Å². The van der Waals surface area contributed by atoms with Crippen LogP contribution in [0.2, 0.25) is 0 Å². The fourth-order valence-corrected chi connectivity index (χ4v) is 10.4. The SMILES string of the molecule is c1ccc(-c2cccc(N(c3ccccc3)c3cc4c(c5ccccc35)B3c5c(cccc5Oc5cc(N(c6ccccc6)c6cccc(-c7ccccc7)c6)c6ccccc6c53)O4)c2)cc1. The zero-order valence-corrected chi connectivity index (χ0v) is 36.5. The highest BCUT2D eigenvalue weighted by molar-refractivity contribution is 7.01. The molecular weight excluding hydrogens is 816 g/mol. The second-order valence-corrected chi connectivity index (χ2v) is 17.2. The Bertz CT molecular complexity index is 3420. The van der Waals surface area contributed by atoms with Crippen molar-refractivity contribution in [1.82, 2.24) is 0 Å². The molecule has 0 unspecified atom stereocenters. The van der Waals surface area contributed by atoms with Gasteiger partial charge in [-0.25, -0.2) is 0 Å². The number of para-hydroxylation sites is 2. The summed E-state index contributed by atoms with van der Waals surface area (Å²) in [7, 11) is 0. The van der Waals surface area contributed by atoms with Crippen LogP contribution in [0.3, 0.4) is 0 Å². The average molecular weight is 857 g/mol. The van der Waals surface area contributed by atoms with E-state index in [4.69, 9.17) is 9.47 Å². The Morgan fingerprint density at radius 2 is 0.597 bits per heavy atom. The van der Waals surface area contributed by atoms with Gasteiger partial charge in [-0.05, 0) is 105 Å².